The molecule has 5 rings (SSSR count). The van der Waals surface area contributed by atoms with Gasteiger partial charge in [-0.3, -0.25) is 14.4 Å². The molecule has 5 aliphatic carbocycles. The van der Waals surface area contributed by atoms with Gasteiger partial charge in [0.15, 0.2) is 13.2 Å². The van der Waals surface area contributed by atoms with Crippen molar-refractivity contribution in [1.82, 2.24) is 0 Å². The van der Waals surface area contributed by atoms with Crippen LogP contribution < -0.4 is 0 Å². The first kappa shape index (κ1) is 84.8. The Bertz CT molecular complexity index is 1800. The summed E-state index contributed by atoms with van der Waals surface area (Å²) in [7, 11) is 0. The maximum Gasteiger partial charge on any atom is 0.344 e. The molecule has 0 N–H and O–H groups in total. The van der Waals surface area contributed by atoms with Gasteiger partial charge in [-0.15, -0.1) is 0 Å². The minimum absolute atomic E-state index is 0. The van der Waals surface area contributed by atoms with E-state index in [1.807, 2.05) is 69.2 Å². The number of carbonyl (C=O) groups is 5. The van der Waals surface area contributed by atoms with Gasteiger partial charge < -0.3 is 23.7 Å². The Hall–Kier alpha value is -2.65. The third kappa shape index (κ3) is 24.7. The highest BCUT2D eigenvalue weighted by Crippen LogP contribution is 2.52. The Balaban J connectivity index is -0.000000531. The summed E-state index contributed by atoms with van der Waals surface area (Å²) in [5.74, 6) is 2.21. The van der Waals surface area contributed by atoms with Crippen molar-refractivity contribution in [2.75, 3.05) is 13.2 Å². The van der Waals surface area contributed by atoms with Crippen LogP contribution in [-0.2, 0) is 47.7 Å². The highest BCUT2D eigenvalue weighted by atomic mass is 16.6. The summed E-state index contributed by atoms with van der Waals surface area (Å²) in [5, 5.41) is 0. The van der Waals surface area contributed by atoms with Gasteiger partial charge in [-0.25, -0.2) is 9.59 Å². The van der Waals surface area contributed by atoms with Gasteiger partial charge in [-0.05, 0) is 255 Å². The van der Waals surface area contributed by atoms with Crippen LogP contribution in [0.3, 0.4) is 0 Å². The first-order chi connectivity index (χ1) is 34.4. The van der Waals surface area contributed by atoms with Crippen LogP contribution in [0.15, 0.2) is 0 Å². The summed E-state index contributed by atoms with van der Waals surface area (Å²) in [4.78, 5) is 61.4. The smallest absolute Gasteiger partial charge is 0.344 e. The standard InChI is InChI=1S/C23H40O4.C21H38O4.C21H38O2.6CH4/c1-7-22(5,6)20(25)26-16-19(24)27-23(14-8-9-15-23)18-12-10-17(11-13-18)21(2,3)4;1-9-20(5,6)18(23)24-14-17(22)25-21(7,8)16-12-10-15(11-13-16)19(2,3)4;1-7-20(5,6)18(22)23-21(14-8-9-15-21)17-12-10-16(11-13-17)19(2,3)4;;;;;;/h17-18H,7-16H2,1-6H3;15-16H,9-14H2,1-8H3;16-17H,7-15H2,1-6H3;6*1H4. The molecule has 0 spiro atoms. The first-order valence-electron chi connectivity index (χ1n) is 30.4. The highest BCUT2D eigenvalue weighted by Gasteiger charge is 2.50. The molecule has 81 heavy (non-hydrogen) atoms. The zero-order valence-electron chi connectivity index (χ0n) is 52.2. The van der Waals surface area contributed by atoms with E-state index in [9.17, 15) is 24.0 Å². The van der Waals surface area contributed by atoms with Crippen molar-refractivity contribution in [3.8, 4) is 0 Å². The molecule has 0 unspecified atom stereocenters. The maximum atomic E-state index is 12.7. The minimum atomic E-state index is -0.568. The largest absolute Gasteiger partial charge is 0.458 e. The summed E-state index contributed by atoms with van der Waals surface area (Å²) in [6.07, 6.45) is 25.2. The lowest BCUT2D eigenvalue weighted by atomic mass is 9.66. The quantitative estimate of drug-likeness (QED) is 0.109. The average molecular weight is 1150 g/mol. The van der Waals surface area contributed by atoms with Gasteiger partial charge in [-0.2, -0.15) is 0 Å². The third-order valence-corrected chi connectivity index (χ3v) is 20.2. The van der Waals surface area contributed by atoms with Gasteiger partial charge in [0.05, 0.1) is 16.2 Å². The Kier molecular flexibility index (Phi) is 36.1. The summed E-state index contributed by atoms with van der Waals surface area (Å²) >= 11 is 0. The maximum absolute atomic E-state index is 12.7. The van der Waals surface area contributed by atoms with Gasteiger partial charge in [0.2, 0.25) is 0 Å². The van der Waals surface area contributed by atoms with Crippen molar-refractivity contribution in [3.05, 3.63) is 0 Å². The van der Waals surface area contributed by atoms with Crippen molar-refractivity contribution in [1.29, 1.82) is 0 Å². The summed E-state index contributed by atoms with van der Waals surface area (Å²) < 4.78 is 28.4. The molecule has 484 valence electrons. The van der Waals surface area contributed by atoms with Crippen molar-refractivity contribution in [2.45, 2.75) is 348 Å². The molecule has 0 aliphatic heterocycles. The van der Waals surface area contributed by atoms with E-state index in [4.69, 9.17) is 23.7 Å². The lowest BCUT2D eigenvalue weighted by molar-refractivity contribution is -0.179. The van der Waals surface area contributed by atoms with Crippen LogP contribution in [0.4, 0.5) is 0 Å². The Morgan fingerprint density at radius 3 is 0.914 bits per heavy atom. The molecule has 10 nitrogen and oxygen atoms in total. The van der Waals surface area contributed by atoms with Crippen LogP contribution in [-0.4, -0.2) is 59.9 Å². The second kappa shape index (κ2) is 34.5. The Labute approximate surface area is 504 Å². The van der Waals surface area contributed by atoms with E-state index in [1.54, 1.807) is 0 Å². The van der Waals surface area contributed by atoms with E-state index in [2.05, 4.69) is 69.2 Å². The molecule has 0 aromatic carbocycles. The predicted octanol–water partition coefficient (Wildman–Crippen LogP) is 20.8. The van der Waals surface area contributed by atoms with Crippen LogP contribution in [0.1, 0.15) is 331 Å². The fourth-order valence-corrected chi connectivity index (χ4v) is 12.8. The molecule has 5 fully saturated rings. The van der Waals surface area contributed by atoms with E-state index in [0.717, 1.165) is 88.4 Å². The lowest BCUT2D eigenvalue weighted by Crippen LogP contribution is -2.45. The SMILES string of the molecule is C.C.C.C.C.C.CCC(C)(C)C(=O)OC1(C2CCC(C(C)(C)C)CC2)CCCC1.CCC(C)(C)C(=O)OCC(=O)OC(C)(C)C1CCC(C(C)(C)C)CC1.CCC(C)(C)C(=O)OCC(=O)OC1(C2CCC(C(C)(C)C)CC2)CCCC1. The molecular formula is C71H140O10. The van der Waals surface area contributed by atoms with E-state index in [0.29, 0.717) is 46.8 Å². The molecule has 0 heterocycles. The molecule has 0 saturated heterocycles. The van der Waals surface area contributed by atoms with Gasteiger partial charge in [0.25, 0.3) is 0 Å². The third-order valence-electron chi connectivity index (χ3n) is 20.2. The number of carbonyl (C=O) groups excluding carboxylic acids is 5. The fourth-order valence-electron chi connectivity index (χ4n) is 12.8. The van der Waals surface area contributed by atoms with Crippen LogP contribution in [0.5, 0.6) is 0 Å². The Morgan fingerprint density at radius 1 is 0.358 bits per heavy atom. The predicted molar refractivity (Wildman–Crippen MR) is 344 cm³/mol. The fraction of sp³-hybridized carbons (Fsp3) is 0.930. The summed E-state index contributed by atoms with van der Waals surface area (Å²) in [6.45, 7) is 41.7. The Morgan fingerprint density at radius 2 is 0.617 bits per heavy atom. The number of esters is 5. The van der Waals surface area contributed by atoms with Gasteiger partial charge >= 0.3 is 29.8 Å². The molecule has 10 heteroatoms. The topological polar surface area (TPSA) is 132 Å². The number of hydrogen-bond donors (Lipinski definition) is 0. The van der Waals surface area contributed by atoms with E-state index in [-0.39, 0.29) is 98.3 Å². The molecule has 0 aromatic rings. The van der Waals surface area contributed by atoms with E-state index in [1.165, 1.54) is 64.2 Å². The second-order valence-corrected chi connectivity index (χ2v) is 30.1. The van der Waals surface area contributed by atoms with Crippen LogP contribution in [0.2, 0.25) is 0 Å². The second-order valence-electron chi connectivity index (χ2n) is 30.1. The van der Waals surface area contributed by atoms with Crippen LogP contribution in [0, 0.1) is 68.0 Å². The van der Waals surface area contributed by atoms with Crippen molar-refractivity contribution in [2.24, 2.45) is 68.0 Å². The molecule has 0 radical (unpaired) electrons. The monoisotopic (exact) mass is 1150 g/mol. The highest BCUT2D eigenvalue weighted by molar-refractivity contribution is 5.80. The molecular weight excluding hydrogens is 1010 g/mol. The molecule has 0 bridgehead atoms. The normalized spacial score (nSPS) is 23.7. The zero-order chi connectivity index (χ0) is 57.1. The minimum Gasteiger partial charge on any atom is -0.458 e. The molecule has 5 aliphatic rings. The van der Waals surface area contributed by atoms with Crippen molar-refractivity contribution < 1.29 is 47.7 Å². The molecule has 0 aromatic heterocycles. The summed E-state index contributed by atoms with van der Waals surface area (Å²) in [5.41, 5.74) is -1.37. The molecule has 0 atom stereocenters. The number of rotatable bonds is 16. The average Bonchev–Trinajstić information content (AvgIpc) is 4.03. The van der Waals surface area contributed by atoms with Crippen molar-refractivity contribution >= 4 is 29.8 Å². The number of hydrogen-bond acceptors (Lipinski definition) is 10. The van der Waals surface area contributed by atoms with E-state index < -0.39 is 22.4 Å². The van der Waals surface area contributed by atoms with E-state index >= 15 is 0 Å². The zero-order valence-corrected chi connectivity index (χ0v) is 52.2. The van der Waals surface area contributed by atoms with Crippen molar-refractivity contribution in [3.63, 3.8) is 0 Å². The molecule has 0 amide bonds. The van der Waals surface area contributed by atoms with Crippen LogP contribution >= 0.6 is 0 Å². The molecule has 5 saturated carbocycles. The van der Waals surface area contributed by atoms with Gasteiger partial charge in [0, 0.05) is 0 Å². The number of ether oxygens (including phenoxy) is 5. The lowest BCUT2D eigenvalue weighted by Gasteiger charge is -2.44. The first-order valence-corrected chi connectivity index (χ1v) is 30.4. The van der Waals surface area contributed by atoms with Gasteiger partial charge in [0.1, 0.15) is 16.8 Å². The van der Waals surface area contributed by atoms with Crippen LogP contribution in [0.25, 0.3) is 0 Å². The summed E-state index contributed by atoms with van der Waals surface area (Å²) in [6, 6.07) is 0. The van der Waals surface area contributed by atoms with Gasteiger partial charge in [-0.1, -0.05) is 128 Å².